The summed E-state index contributed by atoms with van der Waals surface area (Å²) in [5, 5.41) is 0.173. The molecule has 0 amide bonds. The molecule has 14 heavy (non-hydrogen) atoms. The Labute approximate surface area is 90.3 Å². The smallest absolute Gasteiger partial charge is 0.324 e. The van der Waals surface area contributed by atoms with E-state index in [1.54, 1.807) is 0 Å². The molecule has 84 valence electrons. The first-order valence-corrected chi connectivity index (χ1v) is 7.24. The average molecular weight is 239 g/mol. The van der Waals surface area contributed by atoms with Crippen LogP contribution < -0.4 is 0 Å². The fourth-order valence-electron chi connectivity index (χ4n) is 1.93. The summed E-state index contributed by atoms with van der Waals surface area (Å²) < 4.78 is 10.7. The van der Waals surface area contributed by atoms with Crippen LogP contribution in [-0.4, -0.2) is 38.8 Å². The van der Waals surface area contributed by atoms with E-state index in [0.29, 0.717) is 12.6 Å². The van der Waals surface area contributed by atoms with Crippen molar-refractivity contribution in [3.8, 4) is 0 Å². The Balaban J connectivity index is 2.45. The molecule has 0 aliphatic carbocycles. The monoisotopic (exact) mass is 239 g/mol. The van der Waals surface area contributed by atoms with E-state index in [-0.39, 0.29) is 11.5 Å². The summed E-state index contributed by atoms with van der Waals surface area (Å²) in [7, 11) is -3.86. The normalized spacial score (nSPS) is 29.7. The number of nitrogens with zero attached hydrogens (tertiary/aromatic N) is 1. The predicted octanol–water partition coefficient (Wildman–Crippen LogP) is 1.29. The van der Waals surface area contributed by atoms with Gasteiger partial charge in [0.25, 0.3) is 0 Å². The number of thiol groups is 1. The lowest BCUT2D eigenvalue weighted by Crippen LogP contribution is -2.35. The molecule has 1 aliphatic heterocycles. The first-order valence-electron chi connectivity index (χ1n) is 4.92. The lowest BCUT2D eigenvalue weighted by molar-refractivity contribution is 0.241. The predicted molar refractivity (Wildman–Crippen MR) is 59.7 cm³/mol. The van der Waals surface area contributed by atoms with Gasteiger partial charge in [0, 0.05) is 12.6 Å². The second-order valence-corrected chi connectivity index (χ2v) is 6.12. The summed E-state index contributed by atoms with van der Waals surface area (Å²) in [4.78, 5) is 19.7. The first-order chi connectivity index (χ1) is 6.44. The van der Waals surface area contributed by atoms with Crippen LogP contribution in [0.15, 0.2) is 0 Å². The number of likely N-dealkylation sites (tertiary alicyclic amines) is 1. The highest BCUT2D eigenvalue weighted by Crippen LogP contribution is 2.36. The van der Waals surface area contributed by atoms with Gasteiger partial charge in [-0.15, -0.1) is 0 Å². The summed E-state index contributed by atoms with van der Waals surface area (Å²) in [6.45, 7) is 2.55. The standard InChI is InChI=1S/C8H18NO3PS/c1-2-7-3-4-8(14)9(7)5-6-13(10,11)12/h7-8,14H,2-6H2,1H3,(H2,10,11,12). The van der Waals surface area contributed by atoms with Gasteiger partial charge in [0.15, 0.2) is 0 Å². The molecule has 0 aromatic rings. The molecule has 0 aromatic carbocycles. The lowest BCUT2D eigenvalue weighted by Gasteiger charge is -2.26. The van der Waals surface area contributed by atoms with E-state index in [2.05, 4.69) is 24.5 Å². The second kappa shape index (κ2) is 4.99. The highest BCUT2D eigenvalue weighted by molar-refractivity contribution is 7.80. The fourth-order valence-corrected chi connectivity index (χ4v) is 2.88. The molecule has 1 heterocycles. The molecule has 6 heteroatoms. The Bertz CT molecular complexity index is 233. The van der Waals surface area contributed by atoms with Crippen LogP contribution in [0.25, 0.3) is 0 Å². The van der Waals surface area contributed by atoms with Crippen LogP contribution in [0.1, 0.15) is 26.2 Å². The van der Waals surface area contributed by atoms with Gasteiger partial charge in [0.05, 0.1) is 11.5 Å². The van der Waals surface area contributed by atoms with Gasteiger partial charge in [-0.3, -0.25) is 9.46 Å². The molecule has 2 unspecified atom stereocenters. The zero-order valence-corrected chi connectivity index (χ0v) is 10.1. The number of hydrogen-bond donors (Lipinski definition) is 3. The summed E-state index contributed by atoms with van der Waals surface area (Å²) in [6.07, 6.45) is 3.08. The maximum absolute atomic E-state index is 10.7. The van der Waals surface area contributed by atoms with Gasteiger partial charge in [-0.25, -0.2) is 0 Å². The van der Waals surface area contributed by atoms with Crippen molar-refractivity contribution in [1.29, 1.82) is 0 Å². The van der Waals surface area contributed by atoms with Crippen LogP contribution in [0.4, 0.5) is 0 Å². The average Bonchev–Trinajstić information content (AvgIpc) is 2.41. The quantitative estimate of drug-likeness (QED) is 0.511. The molecule has 1 rings (SSSR count). The number of hydrogen-bond acceptors (Lipinski definition) is 3. The fraction of sp³-hybridized carbons (Fsp3) is 1.00. The summed E-state index contributed by atoms with van der Waals surface area (Å²) >= 11 is 4.40. The lowest BCUT2D eigenvalue weighted by atomic mass is 10.2. The molecule has 4 nitrogen and oxygen atoms in total. The molecule has 2 N–H and O–H groups in total. The summed E-state index contributed by atoms with van der Waals surface area (Å²) in [5.41, 5.74) is 0. The molecule has 0 spiro atoms. The van der Waals surface area contributed by atoms with E-state index >= 15 is 0 Å². The molecule has 0 aromatic heterocycles. The Kier molecular flexibility index (Phi) is 4.47. The van der Waals surface area contributed by atoms with Crippen LogP contribution in [0.2, 0.25) is 0 Å². The minimum absolute atomic E-state index is 0.0550. The van der Waals surface area contributed by atoms with Gasteiger partial charge in [-0.05, 0) is 19.3 Å². The van der Waals surface area contributed by atoms with E-state index in [1.807, 2.05) is 0 Å². The van der Waals surface area contributed by atoms with Crippen LogP contribution in [-0.2, 0) is 4.57 Å². The van der Waals surface area contributed by atoms with Crippen LogP contribution in [0.5, 0.6) is 0 Å². The van der Waals surface area contributed by atoms with E-state index in [0.717, 1.165) is 19.3 Å². The van der Waals surface area contributed by atoms with Gasteiger partial charge >= 0.3 is 7.60 Å². The maximum atomic E-state index is 10.7. The zero-order valence-electron chi connectivity index (χ0n) is 8.33. The Morgan fingerprint density at radius 3 is 2.64 bits per heavy atom. The maximum Gasteiger partial charge on any atom is 0.326 e. The van der Waals surface area contributed by atoms with Gasteiger partial charge < -0.3 is 9.79 Å². The molecular weight excluding hydrogens is 221 g/mol. The highest BCUT2D eigenvalue weighted by Gasteiger charge is 2.30. The third-order valence-corrected chi connectivity index (χ3v) is 4.07. The molecule has 0 saturated carbocycles. The minimum atomic E-state index is -3.86. The topological polar surface area (TPSA) is 60.8 Å². The first kappa shape index (κ1) is 12.5. The molecular formula is C8H18NO3PS. The van der Waals surface area contributed by atoms with Crippen molar-refractivity contribution in [1.82, 2.24) is 4.90 Å². The minimum Gasteiger partial charge on any atom is -0.324 e. The van der Waals surface area contributed by atoms with E-state index in [4.69, 9.17) is 9.79 Å². The molecule has 1 fully saturated rings. The largest absolute Gasteiger partial charge is 0.326 e. The van der Waals surface area contributed by atoms with Crippen LogP contribution in [0, 0.1) is 0 Å². The molecule has 1 saturated heterocycles. The van der Waals surface area contributed by atoms with Gasteiger partial charge in [0.1, 0.15) is 0 Å². The van der Waals surface area contributed by atoms with Crippen molar-refractivity contribution in [2.75, 3.05) is 12.7 Å². The van der Waals surface area contributed by atoms with Crippen molar-refractivity contribution in [3.05, 3.63) is 0 Å². The van der Waals surface area contributed by atoms with E-state index in [9.17, 15) is 4.57 Å². The molecule has 2 atom stereocenters. The van der Waals surface area contributed by atoms with Crippen molar-refractivity contribution in [3.63, 3.8) is 0 Å². The van der Waals surface area contributed by atoms with Crippen LogP contribution in [0.3, 0.4) is 0 Å². The third kappa shape index (κ3) is 3.55. The Morgan fingerprint density at radius 2 is 2.14 bits per heavy atom. The molecule has 1 aliphatic rings. The Morgan fingerprint density at radius 1 is 1.50 bits per heavy atom. The summed E-state index contributed by atoms with van der Waals surface area (Å²) in [5.74, 6) is 0. The van der Waals surface area contributed by atoms with Gasteiger partial charge in [-0.1, -0.05) is 6.92 Å². The van der Waals surface area contributed by atoms with Crippen LogP contribution >= 0.6 is 20.2 Å². The third-order valence-electron chi connectivity index (χ3n) is 2.73. The Hall–Kier alpha value is 0.460. The highest BCUT2D eigenvalue weighted by atomic mass is 32.1. The SMILES string of the molecule is CCC1CCC(S)N1CCP(=O)(O)O. The van der Waals surface area contributed by atoms with E-state index < -0.39 is 7.60 Å². The molecule has 0 bridgehead atoms. The summed E-state index contributed by atoms with van der Waals surface area (Å²) in [6, 6.07) is 0.448. The van der Waals surface area contributed by atoms with Gasteiger partial charge in [0.2, 0.25) is 0 Å². The van der Waals surface area contributed by atoms with Gasteiger partial charge in [-0.2, -0.15) is 12.6 Å². The van der Waals surface area contributed by atoms with Crippen molar-refractivity contribution in [2.45, 2.75) is 37.6 Å². The number of rotatable bonds is 4. The van der Waals surface area contributed by atoms with Crippen molar-refractivity contribution >= 4 is 20.2 Å². The molecule has 0 radical (unpaired) electrons. The van der Waals surface area contributed by atoms with Crippen molar-refractivity contribution in [2.24, 2.45) is 0 Å². The zero-order chi connectivity index (χ0) is 10.8. The van der Waals surface area contributed by atoms with Crippen molar-refractivity contribution < 1.29 is 14.4 Å². The second-order valence-electron chi connectivity index (χ2n) is 3.75. The van der Waals surface area contributed by atoms with E-state index in [1.165, 1.54) is 0 Å².